The number of hydrogen-bond donors (Lipinski definition) is 2. The predicted octanol–water partition coefficient (Wildman–Crippen LogP) is 1.68. The zero-order valence-corrected chi connectivity index (χ0v) is 9.41. The first-order chi connectivity index (χ1) is 7.66. The number of amides is 1. The molecule has 0 unspecified atom stereocenters. The van der Waals surface area contributed by atoms with Crippen LogP contribution in [0, 0.1) is 6.92 Å². The second kappa shape index (κ2) is 4.28. The summed E-state index contributed by atoms with van der Waals surface area (Å²) in [5, 5.41) is 5.05. The zero-order valence-electron chi connectivity index (χ0n) is 8.60. The van der Waals surface area contributed by atoms with Crippen LogP contribution in [-0.4, -0.2) is 15.9 Å². The number of anilines is 2. The molecule has 0 fully saturated rings. The molecule has 5 nitrogen and oxygen atoms in total. The molecule has 0 saturated carbocycles. The quantitative estimate of drug-likeness (QED) is 0.828. The molecule has 0 saturated heterocycles. The first-order valence-electron chi connectivity index (χ1n) is 4.61. The van der Waals surface area contributed by atoms with Crippen LogP contribution in [0.4, 0.5) is 10.8 Å². The molecular weight excluding hydrogens is 224 g/mol. The van der Waals surface area contributed by atoms with Gasteiger partial charge in [-0.3, -0.25) is 10.1 Å². The Labute approximate surface area is 96.3 Å². The summed E-state index contributed by atoms with van der Waals surface area (Å²) in [4.78, 5) is 19.8. The van der Waals surface area contributed by atoms with Crippen molar-refractivity contribution in [3.05, 3.63) is 35.1 Å². The predicted molar refractivity (Wildman–Crippen MR) is 63.5 cm³/mol. The van der Waals surface area contributed by atoms with Gasteiger partial charge in [0.2, 0.25) is 0 Å². The van der Waals surface area contributed by atoms with Crippen LogP contribution in [0.5, 0.6) is 0 Å². The maximum Gasteiger partial charge on any atom is 0.278 e. The van der Waals surface area contributed by atoms with Gasteiger partial charge in [-0.1, -0.05) is 0 Å². The van der Waals surface area contributed by atoms with Gasteiger partial charge in [0.25, 0.3) is 5.91 Å². The Morgan fingerprint density at radius 2 is 2.38 bits per heavy atom. The molecule has 0 atom stereocenters. The van der Waals surface area contributed by atoms with Gasteiger partial charge < -0.3 is 5.73 Å². The number of nitrogens with two attached hydrogens (primary N) is 1. The van der Waals surface area contributed by atoms with E-state index in [4.69, 9.17) is 5.73 Å². The lowest BCUT2D eigenvalue weighted by Gasteiger charge is -2.02. The Kier molecular flexibility index (Phi) is 2.82. The normalized spacial score (nSPS) is 10.1. The molecule has 1 amide bonds. The smallest absolute Gasteiger partial charge is 0.278 e. The van der Waals surface area contributed by atoms with Crippen molar-refractivity contribution < 1.29 is 4.79 Å². The number of nitrogen functional groups attached to an aromatic ring is 1. The van der Waals surface area contributed by atoms with Gasteiger partial charge in [-0.05, 0) is 19.1 Å². The highest BCUT2D eigenvalue weighted by molar-refractivity contribution is 7.13. The molecular formula is C10H10N4OS. The summed E-state index contributed by atoms with van der Waals surface area (Å²) in [6, 6.07) is 3.31. The SMILES string of the molecule is Cc1csc(NC(=O)c2ncccc2N)n1. The van der Waals surface area contributed by atoms with E-state index in [1.54, 1.807) is 12.1 Å². The molecule has 0 aliphatic rings. The Morgan fingerprint density at radius 1 is 1.56 bits per heavy atom. The van der Waals surface area contributed by atoms with Gasteiger partial charge in [-0.25, -0.2) is 9.97 Å². The Bertz CT molecular complexity index is 523. The summed E-state index contributed by atoms with van der Waals surface area (Å²) in [5.41, 5.74) is 7.08. The molecule has 0 bridgehead atoms. The lowest BCUT2D eigenvalue weighted by atomic mass is 10.3. The minimum atomic E-state index is -0.340. The van der Waals surface area contributed by atoms with Crippen molar-refractivity contribution in [3.63, 3.8) is 0 Å². The highest BCUT2D eigenvalue weighted by Gasteiger charge is 2.12. The Hall–Kier alpha value is -1.95. The van der Waals surface area contributed by atoms with Crippen molar-refractivity contribution >= 4 is 28.1 Å². The molecule has 2 aromatic rings. The van der Waals surface area contributed by atoms with Crippen molar-refractivity contribution in [2.75, 3.05) is 11.1 Å². The second-order valence-corrected chi connectivity index (χ2v) is 4.05. The number of nitrogens with one attached hydrogen (secondary N) is 1. The standard InChI is InChI=1S/C10H10N4OS/c1-6-5-16-10(13-6)14-9(15)8-7(11)3-2-4-12-8/h2-5H,11H2,1H3,(H,13,14,15). The fourth-order valence-electron chi connectivity index (χ4n) is 1.18. The van der Waals surface area contributed by atoms with Gasteiger partial charge in [0.1, 0.15) is 0 Å². The number of nitrogens with zero attached hydrogens (tertiary/aromatic N) is 2. The van der Waals surface area contributed by atoms with E-state index in [0.717, 1.165) is 5.69 Å². The molecule has 0 aromatic carbocycles. The first-order valence-corrected chi connectivity index (χ1v) is 5.49. The lowest BCUT2D eigenvalue weighted by Crippen LogP contribution is -2.15. The van der Waals surface area contributed by atoms with Crippen molar-refractivity contribution in [2.24, 2.45) is 0 Å². The third kappa shape index (κ3) is 2.17. The number of carbonyl (C=O) groups is 1. The molecule has 2 rings (SSSR count). The largest absolute Gasteiger partial charge is 0.397 e. The van der Waals surface area contributed by atoms with E-state index < -0.39 is 0 Å². The molecule has 3 N–H and O–H groups in total. The number of aryl methyl sites for hydroxylation is 1. The van der Waals surface area contributed by atoms with Gasteiger partial charge in [0.05, 0.1) is 11.4 Å². The Balaban J connectivity index is 2.18. The molecule has 2 aromatic heterocycles. The van der Waals surface area contributed by atoms with Crippen LogP contribution in [0.1, 0.15) is 16.2 Å². The number of thiazole rings is 1. The van der Waals surface area contributed by atoms with Crippen LogP contribution in [0.2, 0.25) is 0 Å². The van der Waals surface area contributed by atoms with Gasteiger partial charge in [0.15, 0.2) is 10.8 Å². The minimum Gasteiger partial charge on any atom is -0.397 e. The summed E-state index contributed by atoms with van der Waals surface area (Å²) in [6.45, 7) is 1.86. The molecule has 0 spiro atoms. The highest BCUT2D eigenvalue weighted by Crippen LogP contribution is 2.16. The van der Waals surface area contributed by atoms with Crippen molar-refractivity contribution in [1.29, 1.82) is 0 Å². The molecule has 0 radical (unpaired) electrons. The molecule has 0 aliphatic heterocycles. The fraction of sp³-hybridized carbons (Fsp3) is 0.100. The fourth-order valence-corrected chi connectivity index (χ4v) is 1.86. The summed E-state index contributed by atoms with van der Waals surface area (Å²) in [7, 11) is 0. The molecule has 16 heavy (non-hydrogen) atoms. The van der Waals surface area contributed by atoms with Crippen LogP contribution >= 0.6 is 11.3 Å². The number of pyridine rings is 1. The number of carbonyl (C=O) groups excluding carboxylic acids is 1. The molecule has 82 valence electrons. The average Bonchev–Trinajstić information content (AvgIpc) is 2.64. The maximum atomic E-state index is 11.8. The van der Waals surface area contributed by atoms with Crippen LogP contribution in [0.3, 0.4) is 0 Å². The summed E-state index contributed by atoms with van der Waals surface area (Å²) < 4.78 is 0. The van der Waals surface area contributed by atoms with Crippen molar-refractivity contribution in [2.45, 2.75) is 6.92 Å². The van der Waals surface area contributed by atoms with Crippen LogP contribution in [-0.2, 0) is 0 Å². The Morgan fingerprint density at radius 3 is 3.00 bits per heavy atom. The van der Waals surface area contributed by atoms with E-state index in [1.165, 1.54) is 17.5 Å². The maximum absolute atomic E-state index is 11.8. The van der Waals surface area contributed by atoms with Crippen LogP contribution < -0.4 is 11.1 Å². The van der Waals surface area contributed by atoms with Gasteiger partial charge in [-0.2, -0.15) is 0 Å². The van der Waals surface area contributed by atoms with E-state index in [2.05, 4.69) is 15.3 Å². The van der Waals surface area contributed by atoms with E-state index in [0.29, 0.717) is 10.8 Å². The van der Waals surface area contributed by atoms with E-state index in [9.17, 15) is 4.79 Å². The number of hydrogen-bond acceptors (Lipinski definition) is 5. The highest BCUT2D eigenvalue weighted by atomic mass is 32.1. The zero-order chi connectivity index (χ0) is 11.5. The van der Waals surface area contributed by atoms with Crippen molar-refractivity contribution in [3.8, 4) is 0 Å². The van der Waals surface area contributed by atoms with E-state index in [-0.39, 0.29) is 11.6 Å². The number of aromatic nitrogens is 2. The van der Waals surface area contributed by atoms with Crippen molar-refractivity contribution in [1.82, 2.24) is 9.97 Å². The summed E-state index contributed by atoms with van der Waals surface area (Å²) in [5.74, 6) is -0.340. The van der Waals surface area contributed by atoms with Gasteiger partial charge >= 0.3 is 0 Å². The molecule has 2 heterocycles. The monoisotopic (exact) mass is 234 g/mol. The summed E-state index contributed by atoms with van der Waals surface area (Å²) >= 11 is 1.37. The molecule has 6 heteroatoms. The lowest BCUT2D eigenvalue weighted by molar-refractivity contribution is 0.102. The minimum absolute atomic E-state index is 0.218. The van der Waals surface area contributed by atoms with Crippen LogP contribution in [0.15, 0.2) is 23.7 Å². The van der Waals surface area contributed by atoms with Crippen LogP contribution in [0.25, 0.3) is 0 Å². The summed E-state index contributed by atoms with van der Waals surface area (Å²) in [6.07, 6.45) is 1.53. The molecule has 0 aliphatic carbocycles. The third-order valence-electron chi connectivity index (χ3n) is 1.89. The topological polar surface area (TPSA) is 80.9 Å². The van der Waals surface area contributed by atoms with Gasteiger partial charge in [0, 0.05) is 11.6 Å². The third-order valence-corrected chi connectivity index (χ3v) is 2.77. The van der Waals surface area contributed by atoms with Gasteiger partial charge in [-0.15, -0.1) is 11.3 Å². The second-order valence-electron chi connectivity index (χ2n) is 3.19. The van der Waals surface area contributed by atoms with E-state index in [1.807, 2.05) is 12.3 Å². The van der Waals surface area contributed by atoms with E-state index >= 15 is 0 Å². The average molecular weight is 234 g/mol. The number of rotatable bonds is 2. The first kappa shape index (κ1) is 10.6.